The SMILES string of the molecule is CCc1ccc(O)c(CS(=O)(=O)Cl)c1. The minimum atomic E-state index is -3.61. The van der Waals surface area contributed by atoms with Crippen LogP contribution < -0.4 is 0 Å². The molecule has 0 spiro atoms. The third kappa shape index (κ3) is 3.20. The molecule has 5 heteroatoms. The zero-order valence-corrected chi connectivity index (χ0v) is 9.27. The van der Waals surface area contributed by atoms with Crippen LogP contribution in [0.5, 0.6) is 5.75 Å². The molecule has 3 nitrogen and oxygen atoms in total. The van der Waals surface area contributed by atoms with E-state index >= 15 is 0 Å². The van der Waals surface area contributed by atoms with Crippen molar-refractivity contribution in [1.82, 2.24) is 0 Å². The molecule has 78 valence electrons. The van der Waals surface area contributed by atoms with E-state index in [1.165, 1.54) is 6.07 Å². The summed E-state index contributed by atoms with van der Waals surface area (Å²) in [5.74, 6) is -0.375. The fourth-order valence-corrected chi connectivity index (χ4v) is 2.12. The number of aryl methyl sites for hydroxylation is 1. The van der Waals surface area contributed by atoms with Gasteiger partial charge in [0, 0.05) is 16.2 Å². The Labute approximate surface area is 87.8 Å². The second-order valence-electron chi connectivity index (χ2n) is 3.00. The van der Waals surface area contributed by atoms with Crippen molar-refractivity contribution in [3.8, 4) is 5.75 Å². The molecule has 0 aliphatic rings. The Hall–Kier alpha value is -0.740. The number of halogens is 1. The quantitative estimate of drug-likeness (QED) is 0.815. The molecule has 0 aliphatic carbocycles. The Morgan fingerprint density at radius 3 is 2.57 bits per heavy atom. The van der Waals surface area contributed by atoms with Crippen molar-refractivity contribution in [1.29, 1.82) is 0 Å². The summed E-state index contributed by atoms with van der Waals surface area (Å²) in [6.07, 6.45) is 0.787. The topological polar surface area (TPSA) is 54.4 Å². The molecule has 0 atom stereocenters. The second kappa shape index (κ2) is 4.19. The highest BCUT2D eigenvalue weighted by Crippen LogP contribution is 2.22. The molecule has 1 aromatic carbocycles. The fourth-order valence-electron chi connectivity index (χ4n) is 1.16. The molecule has 0 unspecified atom stereocenters. The Morgan fingerprint density at radius 1 is 1.43 bits per heavy atom. The van der Waals surface area contributed by atoms with E-state index in [9.17, 15) is 13.5 Å². The van der Waals surface area contributed by atoms with E-state index < -0.39 is 9.05 Å². The fraction of sp³-hybridized carbons (Fsp3) is 0.333. The zero-order chi connectivity index (χ0) is 10.8. The standard InChI is InChI=1S/C9H11ClO3S/c1-2-7-3-4-9(11)8(5-7)6-14(10,12)13/h3-5,11H,2,6H2,1H3. The summed E-state index contributed by atoms with van der Waals surface area (Å²) >= 11 is 0. The molecule has 0 radical (unpaired) electrons. The molecule has 0 heterocycles. The zero-order valence-electron chi connectivity index (χ0n) is 7.70. The first-order valence-electron chi connectivity index (χ1n) is 4.15. The van der Waals surface area contributed by atoms with Crippen LogP contribution in [-0.4, -0.2) is 13.5 Å². The normalized spacial score (nSPS) is 11.6. The summed E-state index contributed by atoms with van der Waals surface area (Å²) in [6, 6.07) is 4.88. The highest BCUT2D eigenvalue weighted by Gasteiger charge is 2.11. The van der Waals surface area contributed by atoms with Crippen molar-refractivity contribution >= 4 is 19.7 Å². The lowest BCUT2D eigenvalue weighted by atomic mass is 10.1. The van der Waals surface area contributed by atoms with Crippen LogP contribution in [0.1, 0.15) is 18.1 Å². The van der Waals surface area contributed by atoms with Crippen molar-refractivity contribution in [2.75, 3.05) is 0 Å². The number of hydrogen-bond donors (Lipinski definition) is 1. The van der Waals surface area contributed by atoms with Crippen molar-refractivity contribution in [3.05, 3.63) is 29.3 Å². The number of aromatic hydroxyl groups is 1. The third-order valence-electron chi connectivity index (χ3n) is 1.88. The third-order valence-corrected chi connectivity index (χ3v) is 2.86. The van der Waals surface area contributed by atoms with Crippen LogP contribution >= 0.6 is 10.7 Å². The Kier molecular flexibility index (Phi) is 3.39. The van der Waals surface area contributed by atoms with Gasteiger partial charge in [-0.15, -0.1) is 0 Å². The molecule has 0 saturated carbocycles. The molecule has 0 amide bonds. The monoisotopic (exact) mass is 234 g/mol. The van der Waals surface area contributed by atoms with Gasteiger partial charge in [0.25, 0.3) is 0 Å². The van der Waals surface area contributed by atoms with Gasteiger partial charge >= 0.3 is 0 Å². The highest BCUT2D eigenvalue weighted by atomic mass is 35.7. The van der Waals surface area contributed by atoms with Crippen LogP contribution in [0.4, 0.5) is 0 Å². The van der Waals surface area contributed by atoms with E-state index in [-0.39, 0.29) is 11.5 Å². The molecule has 0 fully saturated rings. The number of phenols is 1. The van der Waals surface area contributed by atoms with Crippen molar-refractivity contribution in [2.45, 2.75) is 19.1 Å². The van der Waals surface area contributed by atoms with Crippen LogP contribution in [0.3, 0.4) is 0 Å². The molecule has 1 N–H and O–H groups in total. The molecular weight excluding hydrogens is 224 g/mol. The van der Waals surface area contributed by atoms with Gasteiger partial charge in [0.1, 0.15) is 5.75 Å². The smallest absolute Gasteiger partial charge is 0.236 e. The predicted octanol–water partition coefficient (Wildman–Crippen LogP) is 2.02. The van der Waals surface area contributed by atoms with Gasteiger partial charge in [0.05, 0.1) is 5.75 Å². The molecule has 0 aromatic heterocycles. The summed E-state index contributed by atoms with van der Waals surface area (Å²) in [4.78, 5) is 0. The molecule has 14 heavy (non-hydrogen) atoms. The van der Waals surface area contributed by atoms with Gasteiger partial charge in [-0.25, -0.2) is 8.42 Å². The number of benzene rings is 1. The number of rotatable bonds is 3. The van der Waals surface area contributed by atoms with Gasteiger partial charge in [0.15, 0.2) is 0 Å². The van der Waals surface area contributed by atoms with Crippen LogP contribution in [0.2, 0.25) is 0 Å². The van der Waals surface area contributed by atoms with E-state index in [0.717, 1.165) is 12.0 Å². The molecule has 1 aromatic rings. The van der Waals surface area contributed by atoms with Gasteiger partial charge in [0.2, 0.25) is 9.05 Å². The molecule has 1 rings (SSSR count). The first kappa shape index (κ1) is 11.3. The average molecular weight is 235 g/mol. The van der Waals surface area contributed by atoms with Gasteiger partial charge in [-0.3, -0.25) is 0 Å². The van der Waals surface area contributed by atoms with Gasteiger partial charge < -0.3 is 5.11 Å². The van der Waals surface area contributed by atoms with Crippen LogP contribution in [0.15, 0.2) is 18.2 Å². The van der Waals surface area contributed by atoms with E-state index in [1.54, 1.807) is 12.1 Å². The van der Waals surface area contributed by atoms with E-state index in [2.05, 4.69) is 0 Å². The predicted molar refractivity (Wildman–Crippen MR) is 56.0 cm³/mol. The summed E-state index contributed by atoms with van der Waals surface area (Å²) < 4.78 is 21.6. The van der Waals surface area contributed by atoms with Gasteiger partial charge in [-0.2, -0.15) is 0 Å². The maximum Gasteiger partial charge on any atom is 0.236 e. The van der Waals surface area contributed by atoms with E-state index in [0.29, 0.717) is 5.56 Å². The van der Waals surface area contributed by atoms with Crippen LogP contribution in [0.25, 0.3) is 0 Å². The second-order valence-corrected chi connectivity index (χ2v) is 5.78. The van der Waals surface area contributed by atoms with Crippen molar-refractivity contribution in [3.63, 3.8) is 0 Å². The Bertz CT molecular complexity index is 426. The summed E-state index contributed by atoms with van der Waals surface area (Å²) in [7, 11) is 1.48. The maximum atomic E-state index is 10.8. The average Bonchev–Trinajstić information content (AvgIpc) is 2.06. The largest absolute Gasteiger partial charge is 0.508 e. The molecule has 0 bridgehead atoms. The van der Waals surface area contributed by atoms with Crippen molar-refractivity contribution < 1.29 is 13.5 Å². The van der Waals surface area contributed by atoms with Crippen LogP contribution in [0, 0.1) is 0 Å². The summed E-state index contributed by atoms with van der Waals surface area (Å²) in [5, 5.41) is 9.37. The molecular formula is C9H11ClO3S. The van der Waals surface area contributed by atoms with Gasteiger partial charge in [-0.1, -0.05) is 19.1 Å². The van der Waals surface area contributed by atoms with Crippen LogP contribution in [-0.2, 0) is 21.2 Å². The van der Waals surface area contributed by atoms with E-state index in [1.807, 2.05) is 6.92 Å². The Morgan fingerprint density at radius 2 is 2.07 bits per heavy atom. The van der Waals surface area contributed by atoms with Gasteiger partial charge in [-0.05, 0) is 18.1 Å². The lowest BCUT2D eigenvalue weighted by molar-refractivity contribution is 0.469. The lowest BCUT2D eigenvalue weighted by Crippen LogP contribution is -1.96. The minimum absolute atomic E-state index is 0.0357. The first-order chi connectivity index (χ1) is 6.42. The number of phenolic OH excluding ortho intramolecular Hbond substituents is 1. The number of hydrogen-bond acceptors (Lipinski definition) is 3. The molecule has 0 aliphatic heterocycles. The minimum Gasteiger partial charge on any atom is -0.508 e. The van der Waals surface area contributed by atoms with Crippen molar-refractivity contribution in [2.24, 2.45) is 0 Å². The Balaban J connectivity index is 3.07. The molecule has 0 saturated heterocycles. The highest BCUT2D eigenvalue weighted by molar-refractivity contribution is 8.13. The summed E-state index contributed by atoms with van der Waals surface area (Å²) in [5.41, 5.74) is 1.32. The maximum absolute atomic E-state index is 10.8. The first-order valence-corrected chi connectivity index (χ1v) is 6.63. The lowest BCUT2D eigenvalue weighted by Gasteiger charge is -2.04. The summed E-state index contributed by atoms with van der Waals surface area (Å²) in [6.45, 7) is 1.95. The van der Waals surface area contributed by atoms with E-state index in [4.69, 9.17) is 10.7 Å².